The summed E-state index contributed by atoms with van der Waals surface area (Å²) in [6.45, 7) is 1.99. The fourth-order valence-electron chi connectivity index (χ4n) is 2.63. The molecule has 0 saturated heterocycles. The van der Waals surface area contributed by atoms with Crippen LogP contribution in [0.25, 0.3) is 32.9 Å². The van der Waals surface area contributed by atoms with Gasteiger partial charge in [-0.3, -0.25) is 15.0 Å². The predicted octanol–water partition coefficient (Wildman–Crippen LogP) is 4.15. The number of aryl methyl sites for hydroxylation is 1. The third kappa shape index (κ3) is 1.94. The Morgan fingerprint density at radius 3 is 2.52 bits per heavy atom. The van der Waals surface area contributed by atoms with Gasteiger partial charge in [0.1, 0.15) is 0 Å². The maximum absolute atomic E-state index is 4.53. The molecule has 0 aliphatic rings. The average Bonchev–Trinajstić information content (AvgIpc) is 2.55. The molecule has 3 nitrogen and oxygen atoms in total. The topological polar surface area (TPSA) is 38.7 Å². The standard InChI is InChI=1S/C18H13N3/c1-12-4-5-14(11-21-12)15-8-10-20-18-16(15)7-6-13-3-2-9-19-17(13)18/h2-11H,1H3. The molecule has 21 heavy (non-hydrogen) atoms. The Hall–Kier alpha value is -2.81. The number of benzene rings is 1. The molecule has 4 aromatic rings. The van der Waals surface area contributed by atoms with Gasteiger partial charge in [-0.1, -0.05) is 24.3 Å². The van der Waals surface area contributed by atoms with Gasteiger partial charge >= 0.3 is 0 Å². The third-order valence-electron chi connectivity index (χ3n) is 3.71. The highest BCUT2D eigenvalue weighted by Gasteiger charge is 2.08. The van der Waals surface area contributed by atoms with E-state index in [4.69, 9.17) is 0 Å². The average molecular weight is 271 g/mol. The summed E-state index contributed by atoms with van der Waals surface area (Å²) in [5.74, 6) is 0. The second-order valence-electron chi connectivity index (χ2n) is 5.08. The molecule has 100 valence electrons. The first-order valence-corrected chi connectivity index (χ1v) is 6.88. The van der Waals surface area contributed by atoms with Crippen LogP contribution in [0.5, 0.6) is 0 Å². The van der Waals surface area contributed by atoms with Crippen molar-refractivity contribution >= 4 is 21.8 Å². The van der Waals surface area contributed by atoms with Gasteiger partial charge in [0, 0.05) is 40.6 Å². The van der Waals surface area contributed by atoms with E-state index in [1.807, 2.05) is 43.7 Å². The molecule has 0 bridgehead atoms. The Kier molecular flexibility index (Phi) is 2.64. The molecule has 1 aromatic carbocycles. The number of rotatable bonds is 1. The van der Waals surface area contributed by atoms with E-state index in [2.05, 4.69) is 39.2 Å². The second kappa shape index (κ2) is 4.63. The summed E-state index contributed by atoms with van der Waals surface area (Å²) < 4.78 is 0. The van der Waals surface area contributed by atoms with Crippen molar-refractivity contribution in [1.29, 1.82) is 0 Å². The molecular weight excluding hydrogens is 258 g/mol. The Morgan fingerprint density at radius 1 is 0.762 bits per heavy atom. The number of pyridine rings is 3. The van der Waals surface area contributed by atoms with Crippen LogP contribution in [0.15, 0.2) is 61.1 Å². The van der Waals surface area contributed by atoms with Gasteiger partial charge in [-0.2, -0.15) is 0 Å². The van der Waals surface area contributed by atoms with E-state index in [1.54, 1.807) is 0 Å². The monoisotopic (exact) mass is 271 g/mol. The first kappa shape index (κ1) is 12.0. The number of nitrogens with zero attached hydrogens (tertiary/aromatic N) is 3. The van der Waals surface area contributed by atoms with Crippen LogP contribution in [0.1, 0.15) is 5.69 Å². The zero-order valence-electron chi connectivity index (χ0n) is 11.6. The summed E-state index contributed by atoms with van der Waals surface area (Å²) >= 11 is 0. The lowest BCUT2D eigenvalue weighted by atomic mass is 10.0. The molecule has 0 fully saturated rings. The lowest BCUT2D eigenvalue weighted by Gasteiger charge is -2.08. The van der Waals surface area contributed by atoms with Crippen LogP contribution >= 0.6 is 0 Å². The lowest BCUT2D eigenvalue weighted by molar-refractivity contribution is 1.20. The lowest BCUT2D eigenvalue weighted by Crippen LogP contribution is -1.89. The molecule has 3 heteroatoms. The van der Waals surface area contributed by atoms with Crippen molar-refractivity contribution in [3.63, 3.8) is 0 Å². The molecule has 0 aliphatic heterocycles. The van der Waals surface area contributed by atoms with E-state index in [9.17, 15) is 0 Å². The number of fused-ring (bicyclic) bond motifs is 3. The van der Waals surface area contributed by atoms with Crippen LogP contribution in [-0.2, 0) is 0 Å². The highest BCUT2D eigenvalue weighted by Crippen LogP contribution is 2.30. The molecule has 0 atom stereocenters. The molecule has 0 radical (unpaired) electrons. The molecule has 0 N–H and O–H groups in total. The predicted molar refractivity (Wildman–Crippen MR) is 85.0 cm³/mol. The van der Waals surface area contributed by atoms with Gasteiger partial charge in [0.05, 0.1) is 11.0 Å². The van der Waals surface area contributed by atoms with Gasteiger partial charge in [0.25, 0.3) is 0 Å². The van der Waals surface area contributed by atoms with E-state index >= 15 is 0 Å². The Bertz CT molecular complexity index is 943. The van der Waals surface area contributed by atoms with Crippen molar-refractivity contribution in [2.24, 2.45) is 0 Å². The van der Waals surface area contributed by atoms with Crippen molar-refractivity contribution in [2.45, 2.75) is 6.92 Å². The van der Waals surface area contributed by atoms with Crippen LogP contribution in [0.4, 0.5) is 0 Å². The summed E-state index contributed by atoms with van der Waals surface area (Å²) in [5.41, 5.74) is 5.13. The molecular formula is C18H13N3. The number of hydrogen-bond acceptors (Lipinski definition) is 3. The maximum atomic E-state index is 4.53. The van der Waals surface area contributed by atoms with Gasteiger partial charge < -0.3 is 0 Å². The summed E-state index contributed by atoms with van der Waals surface area (Å²) in [6, 6.07) is 14.4. The minimum atomic E-state index is 0.936. The number of aromatic nitrogens is 3. The van der Waals surface area contributed by atoms with Crippen LogP contribution in [0.2, 0.25) is 0 Å². The minimum absolute atomic E-state index is 0.936. The van der Waals surface area contributed by atoms with Crippen molar-refractivity contribution in [1.82, 2.24) is 15.0 Å². The molecule has 3 heterocycles. The van der Waals surface area contributed by atoms with Crippen molar-refractivity contribution in [3.8, 4) is 11.1 Å². The zero-order valence-corrected chi connectivity index (χ0v) is 11.6. The van der Waals surface area contributed by atoms with Gasteiger partial charge in [0.15, 0.2) is 0 Å². The van der Waals surface area contributed by atoms with Gasteiger partial charge in [-0.05, 0) is 30.7 Å². The van der Waals surface area contributed by atoms with E-state index in [0.29, 0.717) is 0 Å². The summed E-state index contributed by atoms with van der Waals surface area (Å²) in [5, 5.41) is 2.21. The third-order valence-corrected chi connectivity index (χ3v) is 3.71. The van der Waals surface area contributed by atoms with Crippen molar-refractivity contribution < 1.29 is 0 Å². The van der Waals surface area contributed by atoms with E-state index in [-0.39, 0.29) is 0 Å². The minimum Gasteiger partial charge on any atom is -0.261 e. The fourth-order valence-corrected chi connectivity index (χ4v) is 2.63. The van der Waals surface area contributed by atoms with Gasteiger partial charge in [0.2, 0.25) is 0 Å². The quantitative estimate of drug-likeness (QED) is 0.488. The van der Waals surface area contributed by atoms with E-state index in [1.165, 1.54) is 0 Å². The smallest absolute Gasteiger partial charge is 0.0970 e. The summed E-state index contributed by atoms with van der Waals surface area (Å²) in [7, 11) is 0. The molecule has 0 aliphatic carbocycles. The van der Waals surface area contributed by atoms with Crippen molar-refractivity contribution in [2.75, 3.05) is 0 Å². The van der Waals surface area contributed by atoms with Crippen molar-refractivity contribution in [3.05, 3.63) is 66.7 Å². The summed E-state index contributed by atoms with van der Waals surface area (Å²) in [4.78, 5) is 13.4. The Morgan fingerprint density at radius 2 is 1.67 bits per heavy atom. The number of hydrogen-bond donors (Lipinski definition) is 0. The highest BCUT2D eigenvalue weighted by molar-refractivity contribution is 6.07. The second-order valence-corrected chi connectivity index (χ2v) is 5.08. The molecule has 0 spiro atoms. The van der Waals surface area contributed by atoms with Crippen LogP contribution < -0.4 is 0 Å². The zero-order chi connectivity index (χ0) is 14.2. The Labute approximate surface area is 122 Å². The molecule has 4 rings (SSSR count). The fraction of sp³-hybridized carbons (Fsp3) is 0.0556. The van der Waals surface area contributed by atoms with E-state index < -0.39 is 0 Å². The Balaban J connectivity index is 2.06. The molecule has 0 saturated carbocycles. The molecule has 3 aromatic heterocycles. The first-order valence-electron chi connectivity index (χ1n) is 6.88. The molecule has 0 unspecified atom stereocenters. The maximum Gasteiger partial charge on any atom is 0.0970 e. The van der Waals surface area contributed by atoms with Gasteiger partial charge in [-0.25, -0.2) is 0 Å². The first-order chi connectivity index (χ1) is 10.3. The van der Waals surface area contributed by atoms with Crippen LogP contribution in [0, 0.1) is 6.92 Å². The SMILES string of the molecule is Cc1ccc(-c2ccnc3c2ccc2cccnc23)cn1. The van der Waals surface area contributed by atoms with E-state index in [0.717, 1.165) is 38.6 Å². The van der Waals surface area contributed by atoms with Gasteiger partial charge in [-0.15, -0.1) is 0 Å². The summed E-state index contributed by atoms with van der Waals surface area (Å²) in [6.07, 6.45) is 5.56. The van der Waals surface area contributed by atoms with Crippen LogP contribution in [-0.4, -0.2) is 15.0 Å². The largest absolute Gasteiger partial charge is 0.261 e. The molecule has 0 amide bonds. The van der Waals surface area contributed by atoms with Crippen LogP contribution in [0.3, 0.4) is 0 Å². The normalized spacial score (nSPS) is 11.1. The highest BCUT2D eigenvalue weighted by atomic mass is 14.7.